The number of hydrogen-bond acceptors (Lipinski definition) is 2. The van der Waals surface area contributed by atoms with Crippen LogP contribution in [0.15, 0.2) is 24.3 Å². The van der Waals surface area contributed by atoms with E-state index in [0.717, 1.165) is 0 Å². The average Bonchev–Trinajstić information content (AvgIpc) is 2.31. The summed E-state index contributed by atoms with van der Waals surface area (Å²) in [5.41, 5.74) is 5.58. The maximum atomic E-state index is 12.7. The van der Waals surface area contributed by atoms with Crippen molar-refractivity contribution in [1.29, 1.82) is 0 Å². The van der Waals surface area contributed by atoms with Gasteiger partial charge in [-0.1, -0.05) is 6.92 Å². The standard InChI is InChI=1S/C12H17FN2O/c1-3-12(2,8-14)11(16)15-10-6-4-9(13)5-7-10/h4-7H,3,8,14H2,1-2H3,(H,15,16). The predicted octanol–water partition coefficient (Wildman–Crippen LogP) is 2.14. The fourth-order valence-corrected chi connectivity index (χ4v) is 1.21. The van der Waals surface area contributed by atoms with Gasteiger partial charge in [-0.15, -0.1) is 0 Å². The van der Waals surface area contributed by atoms with Gasteiger partial charge in [0.05, 0.1) is 5.41 Å². The Morgan fingerprint density at radius 3 is 2.44 bits per heavy atom. The summed E-state index contributed by atoms with van der Waals surface area (Å²) in [6, 6.07) is 5.67. The molecule has 16 heavy (non-hydrogen) atoms. The van der Waals surface area contributed by atoms with E-state index in [4.69, 9.17) is 5.73 Å². The van der Waals surface area contributed by atoms with E-state index in [1.54, 1.807) is 0 Å². The number of nitrogens with two attached hydrogens (primary N) is 1. The Morgan fingerprint density at radius 2 is 2.00 bits per heavy atom. The summed E-state index contributed by atoms with van der Waals surface area (Å²) in [6.07, 6.45) is 0.663. The molecule has 0 fully saturated rings. The molecule has 0 saturated heterocycles. The fourth-order valence-electron chi connectivity index (χ4n) is 1.21. The summed E-state index contributed by atoms with van der Waals surface area (Å²) in [4.78, 5) is 11.9. The number of carbonyl (C=O) groups excluding carboxylic acids is 1. The van der Waals surface area contributed by atoms with Crippen molar-refractivity contribution >= 4 is 11.6 Å². The summed E-state index contributed by atoms with van der Waals surface area (Å²) in [6.45, 7) is 4.01. The predicted molar refractivity (Wildman–Crippen MR) is 62.5 cm³/mol. The zero-order valence-electron chi connectivity index (χ0n) is 9.59. The smallest absolute Gasteiger partial charge is 0.231 e. The molecule has 0 radical (unpaired) electrons. The van der Waals surface area contributed by atoms with Crippen molar-refractivity contribution in [2.75, 3.05) is 11.9 Å². The number of hydrogen-bond donors (Lipinski definition) is 2. The first kappa shape index (κ1) is 12.6. The maximum Gasteiger partial charge on any atom is 0.231 e. The molecule has 0 aliphatic rings. The fraction of sp³-hybridized carbons (Fsp3) is 0.417. The van der Waals surface area contributed by atoms with Crippen LogP contribution in [0.1, 0.15) is 20.3 Å². The van der Waals surface area contributed by atoms with Crippen molar-refractivity contribution in [3.8, 4) is 0 Å². The second-order valence-corrected chi connectivity index (χ2v) is 4.08. The van der Waals surface area contributed by atoms with Crippen molar-refractivity contribution in [2.24, 2.45) is 11.1 Å². The summed E-state index contributed by atoms with van der Waals surface area (Å²) < 4.78 is 12.7. The summed E-state index contributed by atoms with van der Waals surface area (Å²) >= 11 is 0. The van der Waals surface area contributed by atoms with E-state index in [0.29, 0.717) is 12.1 Å². The van der Waals surface area contributed by atoms with Crippen LogP contribution in [0.2, 0.25) is 0 Å². The molecule has 1 aromatic rings. The molecule has 0 aromatic heterocycles. The van der Waals surface area contributed by atoms with Gasteiger partial charge in [-0.05, 0) is 37.6 Å². The van der Waals surface area contributed by atoms with Crippen molar-refractivity contribution in [1.82, 2.24) is 0 Å². The highest BCUT2D eigenvalue weighted by atomic mass is 19.1. The number of carbonyl (C=O) groups is 1. The molecular formula is C12H17FN2O. The van der Waals surface area contributed by atoms with Gasteiger partial charge in [0.15, 0.2) is 0 Å². The van der Waals surface area contributed by atoms with E-state index >= 15 is 0 Å². The van der Waals surface area contributed by atoms with E-state index in [-0.39, 0.29) is 18.3 Å². The SMILES string of the molecule is CCC(C)(CN)C(=O)Nc1ccc(F)cc1. The van der Waals surface area contributed by atoms with Crippen LogP contribution in [0, 0.1) is 11.2 Å². The largest absolute Gasteiger partial charge is 0.329 e. The molecule has 1 atom stereocenters. The molecule has 1 rings (SSSR count). The molecule has 1 amide bonds. The monoisotopic (exact) mass is 224 g/mol. The lowest BCUT2D eigenvalue weighted by Gasteiger charge is -2.24. The van der Waals surface area contributed by atoms with Crippen LogP contribution in [0.3, 0.4) is 0 Å². The van der Waals surface area contributed by atoms with Gasteiger partial charge in [-0.25, -0.2) is 4.39 Å². The molecule has 0 aliphatic heterocycles. The minimum Gasteiger partial charge on any atom is -0.329 e. The van der Waals surface area contributed by atoms with Crippen LogP contribution in [0.4, 0.5) is 10.1 Å². The molecule has 0 spiro atoms. The van der Waals surface area contributed by atoms with Gasteiger partial charge in [0, 0.05) is 12.2 Å². The van der Waals surface area contributed by atoms with Crippen LogP contribution in [0.5, 0.6) is 0 Å². The van der Waals surface area contributed by atoms with E-state index in [9.17, 15) is 9.18 Å². The zero-order chi connectivity index (χ0) is 12.2. The first-order valence-corrected chi connectivity index (χ1v) is 5.29. The lowest BCUT2D eigenvalue weighted by molar-refractivity contribution is -0.124. The highest BCUT2D eigenvalue weighted by molar-refractivity contribution is 5.95. The van der Waals surface area contributed by atoms with Gasteiger partial charge in [0.1, 0.15) is 5.82 Å². The lowest BCUT2D eigenvalue weighted by Crippen LogP contribution is -2.39. The third-order valence-corrected chi connectivity index (χ3v) is 2.88. The number of benzene rings is 1. The number of amides is 1. The molecule has 3 nitrogen and oxygen atoms in total. The van der Waals surface area contributed by atoms with Gasteiger partial charge in [0.2, 0.25) is 5.91 Å². The molecule has 3 N–H and O–H groups in total. The summed E-state index contributed by atoms with van der Waals surface area (Å²) in [7, 11) is 0. The third-order valence-electron chi connectivity index (χ3n) is 2.88. The van der Waals surface area contributed by atoms with Gasteiger partial charge in [0.25, 0.3) is 0 Å². The number of nitrogens with one attached hydrogen (secondary N) is 1. The van der Waals surface area contributed by atoms with Gasteiger partial charge in [-0.3, -0.25) is 4.79 Å². The summed E-state index contributed by atoms with van der Waals surface area (Å²) in [5.74, 6) is -0.459. The zero-order valence-corrected chi connectivity index (χ0v) is 9.59. The van der Waals surface area contributed by atoms with Gasteiger partial charge >= 0.3 is 0 Å². The van der Waals surface area contributed by atoms with Crippen molar-refractivity contribution < 1.29 is 9.18 Å². The first-order valence-electron chi connectivity index (χ1n) is 5.29. The topological polar surface area (TPSA) is 55.1 Å². The molecule has 4 heteroatoms. The molecule has 0 aliphatic carbocycles. The molecule has 0 saturated carbocycles. The van der Waals surface area contributed by atoms with Crippen LogP contribution >= 0.6 is 0 Å². The van der Waals surface area contributed by atoms with Crippen LogP contribution in [-0.2, 0) is 4.79 Å². The van der Waals surface area contributed by atoms with E-state index in [1.165, 1.54) is 24.3 Å². The minimum atomic E-state index is -0.575. The number of rotatable bonds is 4. The molecule has 88 valence electrons. The van der Waals surface area contributed by atoms with Crippen LogP contribution < -0.4 is 11.1 Å². The van der Waals surface area contributed by atoms with Gasteiger partial charge < -0.3 is 11.1 Å². The number of halogens is 1. The Labute approximate surface area is 94.8 Å². The summed E-state index contributed by atoms with van der Waals surface area (Å²) in [5, 5.41) is 2.73. The number of anilines is 1. The van der Waals surface area contributed by atoms with Crippen molar-refractivity contribution in [3.63, 3.8) is 0 Å². The average molecular weight is 224 g/mol. The first-order chi connectivity index (χ1) is 7.51. The second kappa shape index (κ2) is 5.07. The minimum absolute atomic E-state index is 0.135. The third kappa shape index (κ3) is 2.79. The normalized spacial score (nSPS) is 14.2. The molecule has 0 bridgehead atoms. The van der Waals surface area contributed by atoms with Crippen molar-refractivity contribution in [3.05, 3.63) is 30.1 Å². The highest BCUT2D eigenvalue weighted by Gasteiger charge is 2.29. The molecule has 1 unspecified atom stereocenters. The molecule has 0 heterocycles. The lowest BCUT2D eigenvalue weighted by atomic mass is 9.86. The second-order valence-electron chi connectivity index (χ2n) is 4.08. The Hall–Kier alpha value is -1.42. The van der Waals surface area contributed by atoms with Crippen LogP contribution in [0.25, 0.3) is 0 Å². The van der Waals surface area contributed by atoms with Gasteiger partial charge in [-0.2, -0.15) is 0 Å². The Morgan fingerprint density at radius 1 is 1.44 bits per heavy atom. The van der Waals surface area contributed by atoms with Crippen LogP contribution in [-0.4, -0.2) is 12.5 Å². The van der Waals surface area contributed by atoms with E-state index in [1.807, 2.05) is 13.8 Å². The van der Waals surface area contributed by atoms with Crippen molar-refractivity contribution in [2.45, 2.75) is 20.3 Å². The quantitative estimate of drug-likeness (QED) is 0.823. The Bertz CT molecular complexity index is 358. The van der Waals surface area contributed by atoms with E-state index in [2.05, 4.69) is 5.32 Å². The Kier molecular flexibility index (Phi) is 4.01. The molecular weight excluding hydrogens is 207 g/mol. The highest BCUT2D eigenvalue weighted by Crippen LogP contribution is 2.21. The van der Waals surface area contributed by atoms with E-state index < -0.39 is 5.41 Å². The maximum absolute atomic E-state index is 12.7. The molecule has 1 aromatic carbocycles. The Balaban J connectivity index is 2.74.